The molecule has 0 spiro atoms. The molecule has 0 N–H and O–H groups in total. The SMILES string of the molecule is CCOC(=O)C(=CN(C)C)C(=O)c1cc(Cc2cccc(Cl)c2F)c(OC)cc1F.COc1cc(F)c(C(=O)Cl)cc1Cc1cccc(Cl)c1F. The van der Waals surface area contributed by atoms with Gasteiger partial charge in [0.2, 0.25) is 5.78 Å². The summed E-state index contributed by atoms with van der Waals surface area (Å²) in [6.07, 6.45) is 1.36. The molecule has 0 atom stereocenters. The molecule has 0 aliphatic rings. The number of Topliss-reactive ketones (excluding diaryl/α,β-unsaturated/α-hetero) is 1. The Morgan fingerprint density at radius 1 is 0.725 bits per heavy atom. The molecule has 270 valence electrons. The third kappa shape index (κ3) is 10.5. The molecule has 14 heteroatoms. The first-order valence-electron chi connectivity index (χ1n) is 15.0. The summed E-state index contributed by atoms with van der Waals surface area (Å²) in [6.45, 7) is 1.66. The molecule has 0 bridgehead atoms. The number of carbonyl (C=O) groups is 3. The van der Waals surface area contributed by atoms with Gasteiger partial charge < -0.3 is 19.1 Å². The van der Waals surface area contributed by atoms with Gasteiger partial charge in [0.25, 0.3) is 5.24 Å². The van der Waals surface area contributed by atoms with Crippen molar-refractivity contribution in [2.75, 3.05) is 34.9 Å². The Kier molecular flexibility index (Phi) is 14.9. The van der Waals surface area contributed by atoms with E-state index < -0.39 is 40.3 Å². The van der Waals surface area contributed by atoms with Crippen molar-refractivity contribution in [1.29, 1.82) is 0 Å². The van der Waals surface area contributed by atoms with Crippen LogP contribution >= 0.6 is 34.8 Å². The van der Waals surface area contributed by atoms with Crippen LogP contribution in [0.5, 0.6) is 11.5 Å². The van der Waals surface area contributed by atoms with Crippen LogP contribution in [0.15, 0.2) is 72.4 Å². The van der Waals surface area contributed by atoms with Gasteiger partial charge in [-0.1, -0.05) is 47.5 Å². The number of hydrogen-bond donors (Lipinski definition) is 0. The van der Waals surface area contributed by atoms with Crippen molar-refractivity contribution in [2.45, 2.75) is 19.8 Å². The summed E-state index contributed by atoms with van der Waals surface area (Å²) in [5, 5.41) is -0.992. The highest BCUT2D eigenvalue weighted by atomic mass is 35.5. The van der Waals surface area contributed by atoms with Gasteiger partial charge in [-0.25, -0.2) is 22.4 Å². The van der Waals surface area contributed by atoms with Gasteiger partial charge in [-0.15, -0.1) is 0 Å². The monoisotopic (exact) mass is 767 g/mol. The van der Waals surface area contributed by atoms with Gasteiger partial charge in [0.1, 0.15) is 40.3 Å². The molecular weight excluding hydrogens is 737 g/mol. The Morgan fingerprint density at radius 3 is 1.59 bits per heavy atom. The number of benzene rings is 4. The predicted molar refractivity (Wildman–Crippen MR) is 187 cm³/mol. The third-order valence-electron chi connectivity index (χ3n) is 7.15. The Hall–Kier alpha value is -4.58. The van der Waals surface area contributed by atoms with E-state index in [0.29, 0.717) is 16.7 Å². The molecule has 0 unspecified atom stereocenters. The summed E-state index contributed by atoms with van der Waals surface area (Å²) in [6, 6.07) is 13.7. The molecule has 51 heavy (non-hydrogen) atoms. The molecule has 0 heterocycles. The van der Waals surface area contributed by atoms with Crippen molar-refractivity contribution in [2.24, 2.45) is 0 Å². The number of ether oxygens (including phenoxy) is 3. The number of ketones is 1. The molecular formula is C37H32Cl3F4NO6. The lowest BCUT2D eigenvalue weighted by atomic mass is 9.96. The zero-order valence-corrected chi connectivity index (χ0v) is 30.3. The number of nitrogens with zero attached hydrogens (tertiary/aromatic N) is 1. The van der Waals surface area contributed by atoms with E-state index in [9.17, 15) is 31.9 Å². The molecule has 0 saturated heterocycles. The van der Waals surface area contributed by atoms with Gasteiger partial charge in [0.05, 0.1) is 42.0 Å². The van der Waals surface area contributed by atoms with Crippen LogP contribution in [0.4, 0.5) is 17.6 Å². The van der Waals surface area contributed by atoms with E-state index in [1.807, 2.05) is 0 Å². The van der Waals surface area contributed by atoms with Crippen LogP contribution in [0.3, 0.4) is 0 Å². The Morgan fingerprint density at radius 2 is 1.18 bits per heavy atom. The van der Waals surface area contributed by atoms with Gasteiger partial charge >= 0.3 is 5.97 Å². The molecule has 0 fully saturated rings. The minimum atomic E-state index is -0.928. The van der Waals surface area contributed by atoms with E-state index in [-0.39, 0.29) is 63.3 Å². The minimum absolute atomic E-state index is 0.00224. The molecule has 0 aliphatic carbocycles. The van der Waals surface area contributed by atoms with Gasteiger partial charge in [0, 0.05) is 45.3 Å². The summed E-state index contributed by atoms with van der Waals surface area (Å²) < 4.78 is 71.8. The molecule has 0 saturated carbocycles. The standard InChI is InChI=1S/C22H22ClF2NO4.C15H10Cl2F2O2/c1-5-30-22(28)16(12-26(2)3)21(27)15-10-14(19(29-4)11-18(15)24)9-13-7-6-8-17(23)20(13)25;1-21-13-7-12(18)10(15(17)20)6-9(13)5-8-3-2-4-11(16)14(8)19/h6-8,10-12H,5,9H2,1-4H3;2-4,6-7H,5H2,1H3. The van der Waals surface area contributed by atoms with Crippen molar-refractivity contribution < 1.29 is 46.2 Å². The van der Waals surface area contributed by atoms with Crippen LogP contribution in [-0.4, -0.2) is 56.8 Å². The summed E-state index contributed by atoms with van der Waals surface area (Å²) in [5.41, 5.74) is 0.385. The smallest absolute Gasteiger partial charge is 0.343 e. The number of halogens is 7. The normalized spacial score (nSPS) is 10.9. The van der Waals surface area contributed by atoms with Crippen molar-refractivity contribution in [1.82, 2.24) is 4.90 Å². The first-order valence-corrected chi connectivity index (χ1v) is 16.1. The maximum Gasteiger partial charge on any atom is 0.343 e. The lowest BCUT2D eigenvalue weighted by molar-refractivity contribution is -0.138. The second kappa shape index (κ2) is 18.6. The third-order valence-corrected chi connectivity index (χ3v) is 7.94. The molecule has 0 radical (unpaired) electrons. The van der Waals surface area contributed by atoms with Crippen molar-refractivity contribution >= 4 is 51.8 Å². The molecule has 4 aromatic carbocycles. The lowest BCUT2D eigenvalue weighted by Crippen LogP contribution is -2.20. The van der Waals surface area contributed by atoms with E-state index in [4.69, 9.17) is 49.0 Å². The highest BCUT2D eigenvalue weighted by molar-refractivity contribution is 6.67. The average Bonchev–Trinajstić information content (AvgIpc) is 3.08. The summed E-state index contributed by atoms with van der Waals surface area (Å²) in [7, 11) is 5.92. The maximum atomic E-state index is 14.7. The lowest BCUT2D eigenvalue weighted by Gasteiger charge is -2.14. The molecule has 0 aliphatic heterocycles. The fraction of sp³-hybridized carbons (Fsp3) is 0.216. The Labute approximate surface area is 307 Å². The fourth-order valence-electron chi connectivity index (χ4n) is 4.78. The number of methoxy groups -OCH3 is 2. The van der Waals surface area contributed by atoms with Crippen LogP contribution < -0.4 is 9.47 Å². The van der Waals surface area contributed by atoms with Crippen LogP contribution in [0.2, 0.25) is 10.0 Å². The molecule has 0 aromatic heterocycles. The highest BCUT2D eigenvalue weighted by Crippen LogP contribution is 2.30. The van der Waals surface area contributed by atoms with Crippen LogP contribution in [0.25, 0.3) is 0 Å². The first kappa shape index (κ1) is 40.8. The zero-order valence-electron chi connectivity index (χ0n) is 28.0. The second-order valence-electron chi connectivity index (χ2n) is 10.9. The minimum Gasteiger partial charge on any atom is -0.496 e. The largest absolute Gasteiger partial charge is 0.496 e. The summed E-state index contributed by atoms with van der Waals surface area (Å²) in [5.74, 6) is -4.22. The van der Waals surface area contributed by atoms with Gasteiger partial charge in [-0.05, 0) is 65.0 Å². The topological polar surface area (TPSA) is 82.1 Å². The van der Waals surface area contributed by atoms with Crippen molar-refractivity contribution in [3.05, 3.63) is 139 Å². The van der Waals surface area contributed by atoms with Crippen molar-refractivity contribution in [3.8, 4) is 11.5 Å². The Bertz CT molecular complexity index is 1970. The zero-order chi connectivity index (χ0) is 38.0. The fourth-order valence-corrected chi connectivity index (χ4v) is 5.31. The van der Waals surface area contributed by atoms with E-state index >= 15 is 0 Å². The van der Waals surface area contributed by atoms with Crippen LogP contribution in [0.1, 0.15) is 49.9 Å². The first-order chi connectivity index (χ1) is 24.1. The maximum absolute atomic E-state index is 14.7. The van der Waals surface area contributed by atoms with Crippen LogP contribution in [0, 0.1) is 23.3 Å². The van der Waals surface area contributed by atoms with Gasteiger partial charge in [-0.2, -0.15) is 0 Å². The van der Waals surface area contributed by atoms with E-state index in [1.54, 1.807) is 39.2 Å². The molecule has 4 rings (SSSR count). The quantitative estimate of drug-likeness (QED) is 0.0271. The average molecular weight is 769 g/mol. The Balaban J connectivity index is 0.000000293. The van der Waals surface area contributed by atoms with Gasteiger partial charge in [-0.3, -0.25) is 9.59 Å². The van der Waals surface area contributed by atoms with Gasteiger partial charge in [0.15, 0.2) is 0 Å². The molecule has 7 nitrogen and oxygen atoms in total. The number of rotatable bonds is 12. The molecule has 4 aromatic rings. The summed E-state index contributed by atoms with van der Waals surface area (Å²) in [4.78, 5) is 37.9. The summed E-state index contributed by atoms with van der Waals surface area (Å²) >= 11 is 16.9. The van der Waals surface area contributed by atoms with E-state index in [2.05, 4.69) is 0 Å². The molecule has 0 amide bonds. The van der Waals surface area contributed by atoms with E-state index in [0.717, 1.165) is 12.1 Å². The number of esters is 1. The highest BCUT2D eigenvalue weighted by Gasteiger charge is 2.26. The van der Waals surface area contributed by atoms with Crippen molar-refractivity contribution in [3.63, 3.8) is 0 Å². The number of carbonyl (C=O) groups excluding carboxylic acids is 3. The second-order valence-corrected chi connectivity index (χ2v) is 12.1. The van der Waals surface area contributed by atoms with Crippen LogP contribution in [-0.2, 0) is 22.4 Å². The predicted octanol–water partition coefficient (Wildman–Crippen LogP) is 9.01. The number of hydrogen-bond acceptors (Lipinski definition) is 7. The van der Waals surface area contributed by atoms with E-state index in [1.165, 1.54) is 55.7 Å².